The molecule has 0 bridgehead atoms. The predicted molar refractivity (Wildman–Crippen MR) is 131 cm³/mol. The zero-order valence-electron chi connectivity index (χ0n) is 16.3. The average molecular weight is 514 g/mol. The Balaban J connectivity index is 1.44. The van der Waals surface area contributed by atoms with Crippen LogP contribution >= 0.6 is 39.3 Å². The van der Waals surface area contributed by atoms with Crippen LogP contribution in [0.15, 0.2) is 87.5 Å². The Morgan fingerprint density at radius 1 is 1.10 bits per heavy atom. The van der Waals surface area contributed by atoms with E-state index < -0.39 is 0 Å². The molecule has 1 N–H and O–H groups in total. The van der Waals surface area contributed by atoms with Gasteiger partial charge in [-0.05, 0) is 47.5 Å². The molecule has 1 heterocycles. The van der Waals surface area contributed by atoms with E-state index in [9.17, 15) is 4.79 Å². The molecule has 156 valence electrons. The Morgan fingerprint density at radius 2 is 1.84 bits per heavy atom. The molecule has 0 unspecified atom stereocenters. The topological polar surface area (TPSA) is 59.3 Å². The van der Waals surface area contributed by atoms with Gasteiger partial charge in [0.2, 0.25) is 0 Å². The van der Waals surface area contributed by atoms with Crippen molar-refractivity contribution in [2.45, 2.75) is 11.7 Å². The molecule has 0 radical (unpaired) electrons. The summed E-state index contributed by atoms with van der Waals surface area (Å²) in [5, 5.41) is 5.52. The van der Waals surface area contributed by atoms with Gasteiger partial charge in [0, 0.05) is 9.50 Å². The van der Waals surface area contributed by atoms with Gasteiger partial charge >= 0.3 is 0 Å². The summed E-state index contributed by atoms with van der Waals surface area (Å²) in [6.45, 7) is 0.642. The molecule has 1 aromatic heterocycles. The number of para-hydroxylation sites is 2. The fourth-order valence-electron chi connectivity index (χ4n) is 2.98. The monoisotopic (exact) mass is 512 g/mol. The Morgan fingerprint density at radius 3 is 2.61 bits per heavy atom. The fourth-order valence-corrected chi connectivity index (χ4v) is 4.18. The average Bonchev–Trinajstić information content (AvgIpc) is 3.12. The van der Waals surface area contributed by atoms with Crippen LogP contribution in [0.5, 0.6) is 0 Å². The molecule has 0 fully saturated rings. The van der Waals surface area contributed by atoms with Crippen molar-refractivity contribution in [1.29, 1.82) is 0 Å². The zero-order valence-corrected chi connectivity index (χ0v) is 19.5. The number of rotatable bonds is 7. The highest BCUT2D eigenvalue weighted by Crippen LogP contribution is 2.25. The van der Waals surface area contributed by atoms with Gasteiger partial charge < -0.3 is 4.57 Å². The summed E-state index contributed by atoms with van der Waals surface area (Å²) in [5.74, 6) is 0.0187. The first-order chi connectivity index (χ1) is 15.1. The molecule has 0 saturated carbocycles. The summed E-state index contributed by atoms with van der Waals surface area (Å²) in [5.41, 5.74) is 6.50. The zero-order chi connectivity index (χ0) is 21.6. The van der Waals surface area contributed by atoms with E-state index >= 15 is 0 Å². The molecular formula is C23H18BrClN4OS. The van der Waals surface area contributed by atoms with Gasteiger partial charge in [0.05, 0.1) is 29.5 Å². The molecule has 0 aliphatic carbocycles. The van der Waals surface area contributed by atoms with Crippen molar-refractivity contribution < 1.29 is 4.79 Å². The SMILES string of the molecule is O=C(CSc1nc2ccccc2n1Cc1ccc(Cl)cc1)N/N=C/c1ccc(Br)cc1. The number of hydrazone groups is 1. The van der Waals surface area contributed by atoms with E-state index in [4.69, 9.17) is 16.6 Å². The minimum absolute atomic E-state index is 0.191. The molecule has 0 aliphatic rings. The highest BCUT2D eigenvalue weighted by Gasteiger charge is 2.13. The Labute approximate surface area is 197 Å². The first kappa shape index (κ1) is 21.6. The van der Waals surface area contributed by atoms with E-state index in [0.29, 0.717) is 11.6 Å². The maximum absolute atomic E-state index is 12.3. The van der Waals surface area contributed by atoms with Crippen LogP contribution in [-0.2, 0) is 11.3 Å². The van der Waals surface area contributed by atoms with E-state index in [1.165, 1.54) is 11.8 Å². The largest absolute Gasteiger partial charge is 0.314 e. The smallest absolute Gasteiger partial charge is 0.250 e. The second kappa shape index (κ2) is 10.1. The lowest BCUT2D eigenvalue weighted by atomic mass is 10.2. The van der Waals surface area contributed by atoms with Crippen molar-refractivity contribution in [2.75, 3.05) is 5.75 Å². The first-order valence-electron chi connectivity index (χ1n) is 9.48. The van der Waals surface area contributed by atoms with Crippen molar-refractivity contribution in [3.63, 3.8) is 0 Å². The van der Waals surface area contributed by atoms with E-state index in [1.807, 2.05) is 72.8 Å². The second-order valence-corrected chi connectivity index (χ2v) is 9.02. The lowest BCUT2D eigenvalue weighted by molar-refractivity contribution is -0.118. The van der Waals surface area contributed by atoms with E-state index in [0.717, 1.165) is 31.8 Å². The number of halogens is 2. The number of nitrogens with zero attached hydrogens (tertiary/aromatic N) is 3. The first-order valence-corrected chi connectivity index (χ1v) is 11.6. The van der Waals surface area contributed by atoms with Crippen molar-refractivity contribution in [2.24, 2.45) is 5.10 Å². The van der Waals surface area contributed by atoms with E-state index in [2.05, 4.69) is 31.0 Å². The molecule has 1 amide bonds. The Bertz CT molecular complexity index is 1220. The van der Waals surface area contributed by atoms with Gasteiger partial charge in [-0.3, -0.25) is 4.79 Å². The molecular weight excluding hydrogens is 496 g/mol. The number of hydrogen-bond donors (Lipinski definition) is 1. The molecule has 4 rings (SSSR count). The number of aromatic nitrogens is 2. The van der Waals surface area contributed by atoms with Gasteiger partial charge in [0.25, 0.3) is 5.91 Å². The van der Waals surface area contributed by atoms with Crippen molar-refractivity contribution in [3.8, 4) is 0 Å². The number of imidazole rings is 1. The maximum atomic E-state index is 12.3. The number of benzene rings is 3. The quantitative estimate of drug-likeness (QED) is 0.195. The van der Waals surface area contributed by atoms with Gasteiger partial charge in [0.15, 0.2) is 5.16 Å². The van der Waals surface area contributed by atoms with Gasteiger partial charge in [-0.2, -0.15) is 5.10 Å². The molecule has 5 nitrogen and oxygen atoms in total. The van der Waals surface area contributed by atoms with Crippen LogP contribution in [0, 0.1) is 0 Å². The van der Waals surface area contributed by atoms with Crippen LogP contribution in [-0.4, -0.2) is 27.4 Å². The fraction of sp³-hybridized carbons (Fsp3) is 0.0870. The molecule has 3 aromatic carbocycles. The third kappa shape index (κ3) is 5.76. The number of fused-ring (bicyclic) bond motifs is 1. The third-order valence-electron chi connectivity index (χ3n) is 4.48. The second-order valence-electron chi connectivity index (χ2n) is 6.73. The minimum Gasteiger partial charge on any atom is -0.314 e. The van der Waals surface area contributed by atoms with Gasteiger partial charge in [-0.25, -0.2) is 10.4 Å². The highest BCUT2D eigenvalue weighted by atomic mass is 79.9. The number of amides is 1. The van der Waals surface area contributed by atoms with Crippen LogP contribution in [0.1, 0.15) is 11.1 Å². The van der Waals surface area contributed by atoms with Crippen molar-refractivity contribution in [1.82, 2.24) is 15.0 Å². The number of thioether (sulfide) groups is 1. The van der Waals surface area contributed by atoms with Crippen LogP contribution in [0.3, 0.4) is 0 Å². The summed E-state index contributed by atoms with van der Waals surface area (Å²) in [7, 11) is 0. The van der Waals surface area contributed by atoms with Crippen molar-refractivity contribution in [3.05, 3.63) is 93.4 Å². The highest BCUT2D eigenvalue weighted by molar-refractivity contribution is 9.10. The molecule has 4 aromatic rings. The van der Waals surface area contributed by atoms with Crippen LogP contribution in [0.2, 0.25) is 5.02 Å². The normalized spacial score (nSPS) is 11.3. The van der Waals surface area contributed by atoms with Crippen LogP contribution in [0.25, 0.3) is 11.0 Å². The maximum Gasteiger partial charge on any atom is 0.250 e. The lowest BCUT2D eigenvalue weighted by Gasteiger charge is -2.09. The minimum atomic E-state index is -0.191. The molecule has 8 heteroatoms. The number of nitrogens with one attached hydrogen (secondary N) is 1. The Kier molecular flexibility index (Phi) is 7.06. The summed E-state index contributed by atoms with van der Waals surface area (Å²) < 4.78 is 3.10. The summed E-state index contributed by atoms with van der Waals surface area (Å²) in [6.07, 6.45) is 1.62. The third-order valence-corrected chi connectivity index (χ3v) is 6.24. The van der Waals surface area contributed by atoms with Crippen LogP contribution < -0.4 is 5.43 Å². The van der Waals surface area contributed by atoms with Crippen molar-refractivity contribution >= 4 is 62.4 Å². The molecule has 31 heavy (non-hydrogen) atoms. The molecule has 0 spiro atoms. The van der Waals surface area contributed by atoms with Gasteiger partial charge in [-0.1, -0.05) is 75.7 Å². The molecule has 0 aliphatic heterocycles. The van der Waals surface area contributed by atoms with Gasteiger partial charge in [0.1, 0.15) is 0 Å². The standard InChI is InChI=1S/C23H18BrClN4OS/c24-18-9-5-16(6-10-18)13-26-28-22(30)15-31-23-27-20-3-1-2-4-21(20)29(23)14-17-7-11-19(25)12-8-17/h1-13H,14-15H2,(H,28,30)/b26-13+. The Hall–Kier alpha value is -2.61. The molecule has 0 atom stereocenters. The molecule has 0 saturated heterocycles. The number of carbonyl (C=O) groups excluding carboxylic acids is 1. The summed E-state index contributed by atoms with van der Waals surface area (Å²) in [6, 6.07) is 23.4. The van der Waals surface area contributed by atoms with E-state index in [-0.39, 0.29) is 11.7 Å². The van der Waals surface area contributed by atoms with Gasteiger partial charge in [-0.15, -0.1) is 0 Å². The number of hydrogen-bond acceptors (Lipinski definition) is 4. The predicted octanol–water partition coefficient (Wildman–Crippen LogP) is 5.74. The summed E-state index contributed by atoms with van der Waals surface area (Å²) in [4.78, 5) is 17.0. The van der Waals surface area contributed by atoms with E-state index in [1.54, 1.807) is 6.21 Å². The number of carbonyl (C=O) groups is 1. The van der Waals surface area contributed by atoms with Crippen LogP contribution in [0.4, 0.5) is 0 Å². The summed E-state index contributed by atoms with van der Waals surface area (Å²) >= 11 is 10.8. The lowest BCUT2D eigenvalue weighted by Crippen LogP contribution is -2.20.